The zero-order valence-corrected chi connectivity index (χ0v) is 10.5. The summed E-state index contributed by atoms with van der Waals surface area (Å²) in [5.74, 6) is -0.398. The molecular formula is C14H11NO4. The average molecular weight is 257 g/mol. The van der Waals surface area contributed by atoms with E-state index >= 15 is 0 Å². The van der Waals surface area contributed by atoms with E-state index < -0.39 is 12.1 Å². The number of benzene rings is 1. The number of hydrogen-bond acceptors (Lipinski definition) is 5. The van der Waals surface area contributed by atoms with Gasteiger partial charge in [0.1, 0.15) is 29.6 Å². The largest absolute Gasteiger partial charge is 0.463 e. The molecule has 2 aromatic rings. The quantitative estimate of drug-likeness (QED) is 0.771. The lowest BCUT2D eigenvalue weighted by molar-refractivity contribution is -0.145. The van der Waals surface area contributed by atoms with Crippen LogP contribution in [0.2, 0.25) is 0 Å². The number of rotatable bonds is 2. The van der Waals surface area contributed by atoms with Gasteiger partial charge in [0.2, 0.25) is 5.43 Å². The average Bonchev–Trinajstić information content (AvgIpc) is 2.38. The van der Waals surface area contributed by atoms with E-state index in [0.29, 0.717) is 16.5 Å². The van der Waals surface area contributed by atoms with Gasteiger partial charge in [-0.3, -0.25) is 9.59 Å². The highest BCUT2D eigenvalue weighted by Gasteiger charge is 2.12. The zero-order chi connectivity index (χ0) is 14.0. The number of fused-ring (bicyclic) bond motifs is 1. The Labute approximate surface area is 109 Å². The minimum absolute atomic E-state index is 0.0511. The van der Waals surface area contributed by atoms with Gasteiger partial charge in [0.15, 0.2) is 0 Å². The molecule has 0 bridgehead atoms. The number of esters is 1. The van der Waals surface area contributed by atoms with Crippen molar-refractivity contribution in [2.75, 3.05) is 0 Å². The lowest BCUT2D eigenvalue weighted by atomic mass is 10.1. The third kappa shape index (κ3) is 2.47. The number of nitrogens with zero attached hydrogens (tertiary/aromatic N) is 1. The fourth-order valence-corrected chi connectivity index (χ4v) is 1.80. The standard InChI is InChI=1S/C14H11NO4/c1-8(19-9(2)16)10-3-4-13-12(5-10)14(17)11(6-15)7-18-13/h3-5,7-8H,1-2H3. The first kappa shape index (κ1) is 12.8. The summed E-state index contributed by atoms with van der Waals surface area (Å²) in [6.45, 7) is 3.03. The molecule has 0 aliphatic rings. The molecule has 0 fully saturated rings. The summed E-state index contributed by atoms with van der Waals surface area (Å²) in [6.07, 6.45) is 0.673. The van der Waals surface area contributed by atoms with E-state index in [2.05, 4.69) is 0 Å². The maximum Gasteiger partial charge on any atom is 0.303 e. The van der Waals surface area contributed by atoms with Gasteiger partial charge in [-0.1, -0.05) is 6.07 Å². The van der Waals surface area contributed by atoms with Gasteiger partial charge >= 0.3 is 5.97 Å². The topological polar surface area (TPSA) is 80.3 Å². The Bertz CT molecular complexity index is 739. The van der Waals surface area contributed by atoms with E-state index in [1.54, 1.807) is 31.2 Å². The summed E-state index contributed by atoms with van der Waals surface area (Å²) in [5, 5.41) is 9.10. The van der Waals surface area contributed by atoms with E-state index in [4.69, 9.17) is 14.4 Å². The molecule has 96 valence electrons. The van der Waals surface area contributed by atoms with Gasteiger partial charge in [-0.2, -0.15) is 5.26 Å². The van der Waals surface area contributed by atoms with Crippen LogP contribution in [0.25, 0.3) is 11.0 Å². The van der Waals surface area contributed by atoms with Gasteiger partial charge in [0.25, 0.3) is 0 Å². The van der Waals surface area contributed by atoms with Gasteiger partial charge in [-0.25, -0.2) is 0 Å². The van der Waals surface area contributed by atoms with Crippen LogP contribution in [0.3, 0.4) is 0 Å². The Morgan fingerprint density at radius 3 is 2.84 bits per heavy atom. The van der Waals surface area contributed by atoms with Crippen LogP contribution in [0.15, 0.2) is 33.7 Å². The van der Waals surface area contributed by atoms with Crippen molar-refractivity contribution in [3.05, 3.63) is 45.8 Å². The number of carbonyl (C=O) groups excluding carboxylic acids is 1. The summed E-state index contributed by atoms with van der Waals surface area (Å²) in [7, 11) is 0. The lowest BCUT2D eigenvalue weighted by Crippen LogP contribution is -2.08. The molecule has 1 aromatic heterocycles. The first-order valence-corrected chi connectivity index (χ1v) is 5.65. The van der Waals surface area contributed by atoms with Gasteiger partial charge in [-0.05, 0) is 24.6 Å². The van der Waals surface area contributed by atoms with Crippen LogP contribution in [-0.2, 0) is 9.53 Å². The molecule has 2 rings (SSSR count). The molecule has 0 spiro atoms. The van der Waals surface area contributed by atoms with Crippen LogP contribution in [0.5, 0.6) is 0 Å². The van der Waals surface area contributed by atoms with Crippen molar-refractivity contribution in [3.8, 4) is 6.07 Å². The van der Waals surface area contributed by atoms with E-state index in [1.165, 1.54) is 6.92 Å². The zero-order valence-electron chi connectivity index (χ0n) is 10.5. The molecule has 1 atom stereocenters. The van der Waals surface area contributed by atoms with Crippen LogP contribution >= 0.6 is 0 Å². The molecule has 0 amide bonds. The molecule has 0 saturated carbocycles. The highest BCUT2D eigenvalue weighted by atomic mass is 16.5. The summed E-state index contributed by atoms with van der Waals surface area (Å²) in [4.78, 5) is 22.9. The lowest BCUT2D eigenvalue weighted by Gasteiger charge is -2.12. The third-order valence-electron chi connectivity index (χ3n) is 2.73. The predicted molar refractivity (Wildman–Crippen MR) is 67.4 cm³/mol. The van der Waals surface area contributed by atoms with Crippen LogP contribution in [-0.4, -0.2) is 5.97 Å². The SMILES string of the molecule is CC(=O)OC(C)c1ccc2occ(C#N)c(=O)c2c1. The molecule has 0 aliphatic carbocycles. The van der Waals surface area contributed by atoms with Crippen molar-refractivity contribution in [3.63, 3.8) is 0 Å². The number of carbonyl (C=O) groups is 1. The predicted octanol–water partition coefficient (Wildman–Crippen LogP) is 2.29. The highest BCUT2D eigenvalue weighted by molar-refractivity contribution is 5.78. The van der Waals surface area contributed by atoms with Gasteiger partial charge in [0.05, 0.1) is 5.39 Å². The smallest absolute Gasteiger partial charge is 0.303 e. The number of nitriles is 1. The Hall–Kier alpha value is -2.61. The normalized spacial score (nSPS) is 11.8. The maximum atomic E-state index is 12.0. The minimum atomic E-state index is -0.466. The molecular weight excluding hydrogens is 246 g/mol. The fraction of sp³-hybridized carbons (Fsp3) is 0.214. The van der Waals surface area contributed by atoms with Crippen LogP contribution in [0, 0.1) is 11.3 Å². The van der Waals surface area contributed by atoms with E-state index in [9.17, 15) is 9.59 Å². The number of hydrogen-bond donors (Lipinski definition) is 0. The number of ether oxygens (including phenoxy) is 1. The van der Waals surface area contributed by atoms with E-state index in [-0.39, 0.29) is 11.0 Å². The summed E-state index contributed by atoms with van der Waals surface area (Å²) in [5.41, 5.74) is 0.623. The molecule has 5 heteroatoms. The van der Waals surface area contributed by atoms with Crippen molar-refractivity contribution in [2.45, 2.75) is 20.0 Å². The van der Waals surface area contributed by atoms with E-state index in [1.807, 2.05) is 0 Å². The van der Waals surface area contributed by atoms with E-state index in [0.717, 1.165) is 6.26 Å². The first-order chi connectivity index (χ1) is 9.02. The van der Waals surface area contributed by atoms with Crippen LogP contribution in [0.4, 0.5) is 0 Å². The second-order valence-electron chi connectivity index (χ2n) is 4.10. The van der Waals surface area contributed by atoms with Crippen LogP contribution < -0.4 is 5.43 Å². The first-order valence-electron chi connectivity index (χ1n) is 5.65. The Morgan fingerprint density at radius 2 is 2.21 bits per heavy atom. The summed E-state index contributed by atoms with van der Waals surface area (Å²) >= 11 is 0. The van der Waals surface area contributed by atoms with Crippen molar-refractivity contribution in [2.24, 2.45) is 0 Å². The van der Waals surface area contributed by atoms with Crippen molar-refractivity contribution < 1.29 is 13.9 Å². The van der Waals surface area contributed by atoms with Gasteiger partial charge in [0, 0.05) is 6.92 Å². The maximum absolute atomic E-state index is 12.0. The summed E-state index contributed by atoms with van der Waals surface area (Å²) < 4.78 is 10.2. The molecule has 19 heavy (non-hydrogen) atoms. The molecule has 0 N–H and O–H groups in total. The molecule has 0 saturated heterocycles. The summed E-state index contributed by atoms with van der Waals surface area (Å²) in [6, 6.07) is 6.69. The molecule has 1 aromatic carbocycles. The van der Waals surface area contributed by atoms with Gasteiger partial charge in [-0.15, -0.1) is 0 Å². The third-order valence-corrected chi connectivity index (χ3v) is 2.73. The van der Waals surface area contributed by atoms with Crippen molar-refractivity contribution >= 4 is 16.9 Å². The fourth-order valence-electron chi connectivity index (χ4n) is 1.80. The minimum Gasteiger partial charge on any atom is -0.463 e. The Balaban J connectivity index is 2.56. The molecule has 0 aliphatic heterocycles. The van der Waals surface area contributed by atoms with Crippen molar-refractivity contribution in [1.82, 2.24) is 0 Å². The molecule has 5 nitrogen and oxygen atoms in total. The Kier molecular flexibility index (Phi) is 3.34. The highest BCUT2D eigenvalue weighted by Crippen LogP contribution is 2.21. The molecule has 0 radical (unpaired) electrons. The van der Waals surface area contributed by atoms with Crippen LogP contribution in [0.1, 0.15) is 31.1 Å². The van der Waals surface area contributed by atoms with Gasteiger partial charge < -0.3 is 9.15 Å². The van der Waals surface area contributed by atoms with Crippen molar-refractivity contribution in [1.29, 1.82) is 5.26 Å². The molecule has 1 unspecified atom stereocenters. The monoisotopic (exact) mass is 257 g/mol. The second-order valence-corrected chi connectivity index (χ2v) is 4.10. The molecule has 1 heterocycles. The second kappa shape index (κ2) is 4.94. The Morgan fingerprint density at radius 1 is 1.47 bits per heavy atom.